The number of nitrogens with two attached hydrogens (primary N) is 3. The van der Waals surface area contributed by atoms with E-state index in [-0.39, 0.29) is 5.96 Å². The summed E-state index contributed by atoms with van der Waals surface area (Å²) >= 11 is 0. The quantitative estimate of drug-likeness (QED) is 0.0845. The first-order chi connectivity index (χ1) is 18.7. The van der Waals surface area contributed by atoms with Crippen molar-refractivity contribution in [2.75, 3.05) is 45.8 Å². The molecular formula is C30H50N8. The van der Waals surface area contributed by atoms with E-state index in [0.29, 0.717) is 18.4 Å². The number of rotatable bonds is 21. The van der Waals surface area contributed by atoms with Gasteiger partial charge in [-0.2, -0.15) is 0 Å². The molecule has 0 saturated carbocycles. The monoisotopic (exact) mass is 522 g/mol. The minimum Gasteiger partial charge on any atom is -0.370 e. The summed E-state index contributed by atoms with van der Waals surface area (Å²) in [5.74, 6) is 1.05. The fraction of sp³-hybridized carbons (Fsp3) is 0.533. The predicted molar refractivity (Wildman–Crippen MR) is 163 cm³/mol. The summed E-state index contributed by atoms with van der Waals surface area (Å²) in [6, 6.07) is 21.3. The molecule has 0 saturated heterocycles. The van der Waals surface area contributed by atoms with Crippen molar-refractivity contribution in [2.24, 2.45) is 27.2 Å². The topological polar surface area (TPSA) is 139 Å². The lowest BCUT2D eigenvalue weighted by atomic mass is 9.88. The third kappa shape index (κ3) is 15.2. The Morgan fingerprint density at radius 2 is 1.05 bits per heavy atom. The van der Waals surface area contributed by atoms with Gasteiger partial charge in [0, 0.05) is 25.6 Å². The van der Waals surface area contributed by atoms with Crippen molar-refractivity contribution in [1.82, 2.24) is 16.0 Å². The van der Waals surface area contributed by atoms with Crippen molar-refractivity contribution in [2.45, 2.75) is 57.3 Å². The molecule has 2 rings (SSSR count). The van der Waals surface area contributed by atoms with Gasteiger partial charge in [0.25, 0.3) is 0 Å². The standard InChI is InChI=1S/C30H50N8/c31-29(32)36-23-12-21-34-19-10-2-1-3-11-20-35-22-13-24-37-30(33)38-25-18-28(26-14-6-4-7-15-26)27-16-8-5-9-17-27/h4-9,14-17,28,34-35H,1-3,10-13,18-25H2,(H4,31,32,36)(H3,33,37,38). The maximum atomic E-state index is 6.11. The van der Waals surface area contributed by atoms with E-state index in [0.717, 1.165) is 58.5 Å². The van der Waals surface area contributed by atoms with Gasteiger partial charge in [-0.3, -0.25) is 9.98 Å². The van der Waals surface area contributed by atoms with Gasteiger partial charge >= 0.3 is 0 Å². The summed E-state index contributed by atoms with van der Waals surface area (Å²) in [6.07, 6.45) is 9.22. The van der Waals surface area contributed by atoms with Crippen LogP contribution in [-0.2, 0) is 0 Å². The normalized spacial score (nSPS) is 11.6. The molecule has 38 heavy (non-hydrogen) atoms. The molecule has 0 radical (unpaired) electrons. The average molecular weight is 523 g/mol. The highest BCUT2D eigenvalue weighted by molar-refractivity contribution is 5.77. The van der Waals surface area contributed by atoms with E-state index in [9.17, 15) is 0 Å². The van der Waals surface area contributed by atoms with E-state index in [1.54, 1.807) is 0 Å². The zero-order chi connectivity index (χ0) is 27.1. The molecule has 0 aromatic heterocycles. The first-order valence-electron chi connectivity index (χ1n) is 14.3. The summed E-state index contributed by atoms with van der Waals surface area (Å²) in [4.78, 5) is 8.47. The van der Waals surface area contributed by atoms with Crippen LogP contribution in [0, 0.1) is 0 Å². The number of benzene rings is 2. The Labute approximate surface area is 230 Å². The SMILES string of the molecule is NC(N)=NCCCNCCCCCCCNCCCN=C(N)NCCC(c1ccccc1)c1ccccc1. The Hall–Kier alpha value is -3.10. The summed E-state index contributed by atoms with van der Waals surface area (Å²) in [7, 11) is 0. The van der Waals surface area contributed by atoms with E-state index < -0.39 is 0 Å². The Bertz CT molecular complexity index is 842. The summed E-state index contributed by atoms with van der Waals surface area (Å²) in [6.45, 7) is 6.31. The largest absolute Gasteiger partial charge is 0.370 e. The summed E-state index contributed by atoms with van der Waals surface area (Å²) in [5, 5.41) is 10.3. The maximum absolute atomic E-state index is 6.11. The highest BCUT2D eigenvalue weighted by Gasteiger charge is 2.13. The number of nitrogens with zero attached hydrogens (tertiary/aromatic N) is 2. The van der Waals surface area contributed by atoms with Gasteiger partial charge in [0.05, 0.1) is 0 Å². The molecule has 0 aliphatic heterocycles. The Morgan fingerprint density at radius 1 is 0.579 bits per heavy atom. The summed E-state index contributed by atoms with van der Waals surface area (Å²) in [5.41, 5.74) is 19.4. The summed E-state index contributed by atoms with van der Waals surface area (Å²) < 4.78 is 0. The number of hydrogen-bond donors (Lipinski definition) is 6. The van der Waals surface area contributed by atoms with Crippen LogP contribution < -0.4 is 33.2 Å². The van der Waals surface area contributed by atoms with Crippen LogP contribution >= 0.6 is 0 Å². The molecule has 0 amide bonds. The minimum absolute atomic E-state index is 0.174. The highest BCUT2D eigenvalue weighted by atomic mass is 15.1. The Balaban J connectivity index is 1.44. The average Bonchev–Trinajstić information content (AvgIpc) is 2.93. The van der Waals surface area contributed by atoms with Crippen LogP contribution in [-0.4, -0.2) is 57.7 Å². The molecule has 9 N–H and O–H groups in total. The van der Waals surface area contributed by atoms with Gasteiger partial charge in [0.1, 0.15) is 0 Å². The Kier molecular flexibility index (Phi) is 17.1. The van der Waals surface area contributed by atoms with Crippen LogP contribution in [0.4, 0.5) is 0 Å². The van der Waals surface area contributed by atoms with Crippen molar-refractivity contribution in [3.8, 4) is 0 Å². The van der Waals surface area contributed by atoms with Crippen LogP contribution in [0.15, 0.2) is 70.6 Å². The van der Waals surface area contributed by atoms with Gasteiger partial charge in [0.2, 0.25) is 0 Å². The van der Waals surface area contributed by atoms with Crippen molar-refractivity contribution < 1.29 is 0 Å². The van der Waals surface area contributed by atoms with E-state index in [1.165, 1.54) is 43.2 Å². The molecule has 0 aliphatic rings. The second-order valence-corrected chi connectivity index (χ2v) is 9.64. The zero-order valence-corrected chi connectivity index (χ0v) is 23.1. The molecule has 8 nitrogen and oxygen atoms in total. The first kappa shape index (κ1) is 31.1. The van der Waals surface area contributed by atoms with Crippen LogP contribution in [0.25, 0.3) is 0 Å². The van der Waals surface area contributed by atoms with Crippen molar-refractivity contribution in [3.63, 3.8) is 0 Å². The smallest absolute Gasteiger partial charge is 0.188 e. The second kappa shape index (κ2) is 20.9. The molecule has 0 unspecified atom stereocenters. The molecule has 0 heterocycles. The molecule has 0 spiro atoms. The molecule has 8 heteroatoms. The van der Waals surface area contributed by atoms with Crippen LogP contribution in [0.5, 0.6) is 0 Å². The molecule has 0 fully saturated rings. The lowest BCUT2D eigenvalue weighted by Crippen LogP contribution is -2.33. The van der Waals surface area contributed by atoms with E-state index in [4.69, 9.17) is 17.2 Å². The van der Waals surface area contributed by atoms with Gasteiger partial charge in [-0.05, 0) is 69.4 Å². The van der Waals surface area contributed by atoms with Gasteiger partial charge in [-0.1, -0.05) is 79.9 Å². The van der Waals surface area contributed by atoms with Gasteiger partial charge < -0.3 is 33.2 Å². The van der Waals surface area contributed by atoms with Crippen molar-refractivity contribution in [3.05, 3.63) is 71.8 Å². The molecular weight excluding hydrogens is 472 g/mol. The predicted octanol–water partition coefficient (Wildman–Crippen LogP) is 3.30. The van der Waals surface area contributed by atoms with Crippen LogP contribution in [0.1, 0.15) is 68.4 Å². The number of hydrogen-bond acceptors (Lipinski definition) is 4. The van der Waals surface area contributed by atoms with Gasteiger partial charge in [-0.15, -0.1) is 0 Å². The fourth-order valence-electron chi connectivity index (χ4n) is 4.39. The third-order valence-electron chi connectivity index (χ3n) is 6.45. The molecule has 0 aliphatic carbocycles. The fourth-order valence-corrected chi connectivity index (χ4v) is 4.39. The number of nitrogens with one attached hydrogen (secondary N) is 3. The maximum Gasteiger partial charge on any atom is 0.188 e. The van der Waals surface area contributed by atoms with E-state index in [2.05, 4.69) is 86.6 Å². The number of guanidine groups is 2. The van der Waals surface area contributed by atoms with Gasteiger partial charge in [-0.25, -0.2) is 0 Å². The highest BCUT2D eigenvalue weighted by Crippen LogP contribution is 2.27. The van der Waals surface area contributed by atoms with Gasteiger partial charge in [0.15, 0.2) is 11.9 Å². The lowest BCUT2D eigenvalue weighted by molar-refractivity contribution is 0.550. The minimum atomic E-state index is 0.174. The van der Waals surface area contributed by atoms with E-state index in [1.807, 2.05) is 0 Å². The van der Waals surface area contributed by atoms with E-state index >= 15 is 0 Å². The number of unbranched alkanes of at least 4 members (excludes halogenated alkanes) is 4. The molecule has 0 bridgehead atoms. The Morgan fingerprint density at radius 3 is 1.58 bits per heavy atom. The van der Waals surface area contributed by atoms with Crippen molar-refractivity contribution in [1.29, 1.82) is 0 Å². The molecule has 0 atom stereocenters. The molecule has 2 aromatic rings. The van der Waals surface area contributed by atoms with Crippen LogP contribution in [0.2, 0.25) is 0 Å². The lowest BCUT2D eigenvalue weighted by Gasteiger charge is -2.18. The van der Waals surface area contributed by atoms with Crippen LogP contribution in [0.3, 0.4) is 0 Å². The molecule has 2 aromatic carbocycles. The van der Waals surface area contributed by atoms with Crippen molar-refractivity contribution >= 4 is 11.9 Å². The third-order valence-corrected chi connectivity index (χ3v) is 6.45. The second-order valence-electron chi connectivity index (χ2n) is 9.64. The number of aliphatic imine (C=N–C) groups is 2. The first-order valence-corrected chi connectivity index (χ1v) is 14.3. The zero-order valence-electron chi connectivity index (χ0n) is 23.1. The molecule has 210 valence electrons.